The largest absolute Gasteiger partial charge is 0.491 e. The van der Waals surface area contributed by atoms with Crippen LogP contribution >= 0.6 is 0 Å². The zero-order valence-electron chi connectivity index (χ0n) is 16.5. The van der Waals surface area contributed by atoms with Crippen LogP contribution < -0.4 is 14.8 Å². The van der Waals surface area contributed by atoms with E-state index in [4.69, 9.17) is 4.74 Å². The summed E-state index contributed by atoms with van der Waals surface area (Å²) in [6.45, 7) is 0.932. The Morgan fingerprint density at radius 3 is 2.63 bits per heavy atom. The molecule has 0 radical (unpaired) electrons. The van der Waals surface area contributed by atoms with Crippen LogP contribution in [-0.2, 0) is 14.8 Å². The molecule has 3 rings (SSSR count). The summed E-state index contributed by atoms with van der Waals surface area (Å²) in [7, 11) is -2.11. The van der Waals surface area contributed by atoms with Gasteiger partial charge in [-0.15, -0.1) is 0 Å². The highest BCUT2D eigenvalue weighted by Crippen LogP contribution is 2.22. The third kappa shape index (κ3) is 5.65. The summed E-state index contributed by atoms with van der Waals surface area (Å²) in [5.41, 5.74) is 1.55. The highest BCUT2D eigenvalue weighted by Gasteiger charge is 2.09. The second-order valence-electron chi connectivity index (χ2n) is 6.43. The minimum Gasteiger partial charge on any atom is -0.491 e. The Kier molecular flexibility index (Phi) is 7.16. The normalized spacial score (nSPS) is 11.6. The Bertz CT molecular complexity index is 1140. The first-order valence-electron chi connectivity index (χ1n) is 9.46. The fraction of sp³-hybridized carbons (Fsp3) is 0.182. The van der Waals surface area contributed by atoms with Gasteiger partial charge in [-0.25, -0.2) is 13.1 Å². The third-order valence-corrected chi connectivity index (χ3v) is 5.79. The molecule has 0 saturated heterocycles. The van der Waals surface area contributed by atoms with Gasteiger partial charge >= 0.3 is 0 Å². The highest BCUT2D eigenvalue weighted by atomic mass is 32.2. The molecule has 0 aliphatic heterocycles. The van der Waals surface area contributed by atoms with Crippen LogP contribution in [0.1, 0.15) is 12.0 Å². The number of aromatic nitrogens is 1. The number of carbonyl (C=O) groups is 1. The summed E-state index contributed by atoms with van der Waals surface area (Å²) in [4.78, 5) is 16.5. The average molecular weight is 426 g/mol. The van der Waals surface area contributed by atoms with Crippen LogP contribution in [0.5, 0.6) is 5.75 Å². The lowest BCUT2D eigenvalue weighted by molar-refractivity contribution is -0.116. The Morgan fingerprint density at radius 1 is 1.10 bits per heavy atom. The van der Waals surface area contributed by atoms with E-state index in [1.807, 2.05) is 30.3 Å². The molecule has 2 N–H and O–H groups in total. The van der Waals surface area contributed by atoms with Crippen LogP contribution in [0.25, 0.3) is 17.0 Å². The molecule has 30 heavy (non-hydrogen) atoms. The number of rotatable bonds is 9. The number of nitrogens with one attached hydrogen (secondary N) is 2. The highest BCUT2D eigenvalue weighted by molar-refractivity contribution is 7.89. The molecule has 0 unspecified atom stereocenters. The van der Waals surface area contributed by atoms with Gasteiger partial charge in [0, 0.05) is 24.2 Å². The van der Waals surface area contributed by atoms with Gasteiger partial charge in [0.25, 0.3) is 0 Å². The predicted octanol–water partition coefficient (Wildman–Crippen LogP) is 2.74. The van der Waals surface area contributed by atoms with Crippen molar-refractivity contribution in [2.24, 2.45) is 0 Å². The van der Waals surface area contributed by atoms with Crippen molar-refractivity contribution in [3.63, 3.8) is 0 Å². The van der Waals surface area contributed by atoms with Gasteiger partial charge < -0.3 is 10.1 Å². The lowest BCUT2D eigenvalue weighted by Gasteiger charge is -2.08. The third-order valence-electron chi connectivity index (χ3n) is 4.36. The second-order valence-corrected chi connectivity index (χ2v) is 8.32. The summed E-state index contributed by atoms with van der Waals surface area (Å²) in [6, 6.07) is 15.9. The molecule has 1 aromatic heterocycles. The number of benzene rings is 2. The van der Waals surface area contributed by atoms with Gasteiger partial charge in [0.2, 0.25) is 15.9 Å². The molecule has 0 atom stereocenters. The molecule has 1 heterocycles. The SMILES string of the molecule is CNS(=O)(=O)c1ccc(/C=C/C(=O)NCCCOc2cccc3cccnc23)cc1. The van der Waals surface area contributed by atoms with Crippen molar-refractivity contribution in [3.05, 3.63) is 72.4 Å². The quantitative estimate of drug-likeness (QED) is 0.406. The number of sulfonamides is 1. The molecular weight excluding hydrogens is 402 g/mol. The number of amides is 1. The van der Waals surface area contributed by atoms with Crippen LogP contribution in [-0.4, -0.2) is 39.5 Å². The Morgan fingerprint density at radius 2 is 1.87 bits per heavy atom. The number of carbonyl (C=O) groups excluding carboxylic acids is 1. The first-order valence-corrected chi connectivity index (χ1v) is 10.9. The van der Waals surface area contributed by atoms with E-state index < -0.39 is 10.0 Å². The standard InChI is InChI=1S/C22H23N3O4S/c1-23-30(27,28)19-11-8-17(9-12-19)10-13-21(26)24-15-4-16-29-20-7-2-5-18-6-3-14-25-22(18)20/h2-3,5-14,23H,4,15-16H2,1H3,(H,24,26)/b13-10+. The molecule has 0 aliphatic carbocycles. The van der Waals surface area contributed by atoms with Gasteiger partial charge in [-0.3, -0.25) is 9.78 Å². The lowest BCUT2D eigenvalue weighted by atomic mass is 10.2. The maximum atomic E-state index is 11.9. The zero-order chi connectivity index (χ0) is 21.4. The van der Waals surface area contributed by atoms with Gasteiger partial charge in [-0.1, -0.05) is 30.3 Å². The molecule has 1 amide bonds. The Balaban J connectivity index is 1.42. The van der Waals surface area contributed by atoms with Gasteiger partial charge in [0.1, 0.15) is 11.3 Å². The zero-order valence-corrected chi connectivity index (χ0v) is 17.4. The van der Waals surface area contributed by atoms with Crippen LogP contribution in [0.2, 0.25) is 0 Å². The maximum Gasteiger partial charge on any atom is 0.244 e. The molecule has 8 heteroatoms. The van der Waals surface area contributed by atoms with Crippen molar-refractivity contribution >= 4 is 32.9 Å². The van der Waals surface area contributed by atoms with Crippen LogP contribution in [0.3, 0.4) is 0 Å². The van der Waals surface area contributed by atoms with E-state index in [1.54, 1.807) is 24.4 Å². The van der Waals surface area contributed by atoms with Crippen molar-refractivity contribution in [2.45, 2.75) is 11.3 Å². The van der Waals surface area contributed by atoms with Gasteiger partial charge in [-0.05, 0) is 49.4 Å². The number of nitrogens with zero attached hydrogens (tertiary/aromatic N) is 1. The summed E-state index contributed by atoms with van der Waals surface area (Å²) >= 11 is 0. The first-order chi connectivity index (χ1) is 14.5. The summed E-state index contributed by atoms with van der Waals surface area (Å²) in [5.74, 6) is 0.497. The molecule has 0 fully saturated rings. The van der Waals surface area contributed by atoms with E-state index in [2.05, 4.69) is 15.0 Å². The van der Waals surface area contributed by atoms with Gasteiger partial charge in [0.15, 0.2) is 0 Å². The number of ether oxygens (including phenoxy) is 1. The number of hydrogen-bond acceptors (Lipinski definition) is 5. The van der Waals surface area contributed by atoms with Crippen molar-refractivity contribution in [3.8, 4) is 5.75 Å². The van der Waals surface area contributed by atoms with E-state index >= 15 is 0 Å². The fourth-order valence-electron chi connectivity index (χ4n) is 2.77. The van der Waals surface area contributed by atoms with Crippen LogP contribution in [0.15, 0.2) is 71.8 Å². The smallest absolute Gasteiger partial charge is 0.244 e. The maximum absolute atomic E-state index is 11.9. The molecule has 0 aliphatic rings. The molecule has 156 valence electrons. The number of hydrogen-bond donors (Lipinski definition) is 2. The molecule has 3 aromatic rings. The van der Waals surface area contributed by atoms with Gasteiger partial charge in [0.05, 0.1) is 11.5 Å². The molecule has 0 bridgehead atoms. The summed E-state index contributed by atoms with van der Waals surface area (Å²) < 4.78 is 31.4. The Labute approximate surface area is 175 Å². The van der Waals surface area contributed by atoms with E-state index in [0.717, 1.165) is 22.2 Å². The van der Waals surface area contributed by atoms with E-state index in [1.165, 1.54) is 25.3 Å². The van der Waals surface area contributed by atoms with E-state index in [0.29, 0.717) is 19.6 Å². The van der Waals surface area contributed by atoms with Crippen molar-refractivity contribution < 1.29 is 17.9 Å². The topological polar surface area (TPSA) is 97.4 Å². The van der Waals surface area contributed by atoms with Crippen molar-refractivity contribution in [1.82, 2.24) is 15.0 Å². The molecule has 2 aromatic carbocycles. The molecular formula is C22H23N3O4S. The number of fused-ring (bicyclic) bond motifs is 1. The number of para-hydroxylation sites is 1. The molecule has 7 nitrogen and oxygen atoms in total. The van der Waals surface area contributed by atoms with Crippen LogP contribution in [0.4, 0.5) is 0 Å². The first kappa shape index (κ1) is 21.5. The minimum atomic E-state index is -3.47. The second kappa shape index (κ2) is 10.00. The number of pyridine rings is 1. The van der Waals surface area contributed by atoms with Gasteiger partial charge in [-0.2, -0.15) is 0 Å². The molecule has 0 spiro atoms. The molecule has 0 saturated carbocycles. The average Bonchev–Trinajstić information content (AvgIpc) is 2.78. The van der Waals surface area contributed by atoms with Crippen LogP contribution in [0, 0.1) is 0 Å². The lowest BCUT2D eigenvalue weighted by Crippen LogP contribution is -2.23. The van der Waals surface area contributed by atoms with Crippen molar-refractivity contribution in [1.29, 1.82) is 0 Å². The summed E-state index contributed by atoms with van der Waals surface area (Å²) in [6.07, 6.45) is 5.43. The van der Waals surface area contributed by atoms with E-state index in [9.17, 15) is 13.2 Å². The van der Waals surface area contributed by atoms with E-state index in [-0.39, 0.29) is 10.8 Å². The Hall–Kier alpha value is -3.23. The minimum absolute atomic E-state index is 0.174. The summed E-state index contributed by atoms with van der Waals surface area (Å²) in [5, 5.41) is 3.81. The fourth-order valence-corrected chi connectivity index (χ4v) is 3.50. The predicted molar refractivity (Wildman–Crippen MR) is 117 cm³/mol. The van der Waals surface area contributed by atoms with Crippen molar-refractivity contribution in [2.75, 3.05) is 20.2 Å². The monoisotopic (exact) mass is 425 g/mol.